The molecule has 242 valence electrons. The van der Waals surface area contributed by atoms with Crippen LogP contribution in [0, 0.1) is 5.41 Å². The zero-order valence-corrected chi connectivity index (χ0v) is 25.5. The number of nitrogens with two attached hydrogens (primary N) is 1. The van der Waals surface area contributed by atoms with Gasteiger partial charge in [-0.15, -0.1) is 11.6 Å². The molecule has 12 nitrogen and oxygen atoms in total. The fourth-order valence-corrected chi connectivity index (χ4v) is 4.86. The summed E-state index contributed by atoms with van der Waals surface area (Å²) in [6.45, 7) is 5.23. The van der Waals surface area contributed by atoms with Crippen molar-refractivity contribution in [2.24, 2.45) is 11.1 Å². The number of benzene rings is 1. The van der Waals surface area contributed by atoms with E-state index >= 15 is 0 Å². The molecular weight excluding hydrogens is 617 g/mol. The molecule has 0 aliphatic carbocycles. The van der Waals surface area contributed by atoms with E-state index in [2.05, 4.69) is 25.7 Å². The SMILES string of the molecule is CCc1cc(Nc2nccn3c(-c4cn(CC(C)(CCl)COC=O)nc4C(F)(F)F)cnc23)ccc1C(=O)NCCOCCN. The highest BCUT2D eigenvalue weighted by atomic mass is 35.5. The van der Waals surface area contributed by atoms with Crippen LogP contribution in [0.3, 0.4) is 0 Å². The number of nitrogens with zero attached hydrogens (tertiary/aromatic N) is 5. The van der Waals surface area contributed by atoms with Gasteiger partial charge in [-0.1, -0.05) is 13.8 Å². The topological polar surface area (TPSA) is 151 Å². The molecular formula is C29H34ClF3N8O4. The minimum atomic E-state index is -4.77. The van der Waals surface area contributed by atoms with E-state index in [4.69, 9.17) is 26.8 Å². The van der Waals surface area contributed by atoms with Gasteiger partial charge in [-0.25, -0.2) is 9.97 Å². The lowest BCUT2D eigenvalue weighted by Gasteiger charge is -2.25. The Morgan fingerprint density at radius 3 is 2.71 bits per heavy atom. The maximum atomic E-state index is 14.2. The molecule has 4 rings (SSSR count). The monoisotopic (exact) mass is 650 g/mol. The number of carbonyl (C=O) groups excluding carboxylic acids is 2. The quantitative estimate of drug-likeness (QED) is 0.0927. The Morgan fingerprint density at radius 2 is 2.02 bits per heavy atom. The molecule has 3 aromatic heterocycles. The largest absolute Gasteiger partial charge is 0.467 e. The molecule has 0 spiro atoms. The first kappa shape index (κ1) is 33.7. The van der Waals surface area contributed by atoms with Crippen LogP contribution in [0.2, 0.25) is 0 Å². The smallest absolute Gasteiger partial charge is 0.435 e. The van der Waals surface area contributed by atoms with E-state index in [-0.39, 0.29) is 48.3 Å². The van der Waals surface area contributed by atoms with Crippen molar-refractivity contribution in [3.8, 4) is 11.3 Å². The summed E-state index contributed by atoms with van der Waals surface area (Å²) in [4.78, 5) is 32.1. The lowest BCUT2D eigenvalue weighted by molar-refractivity contribution is -0.141. The highest BCUT2D eigenvalue weighted by Crippen LogP contribution is 2.37. The van der Waals surface area contributed by atoms with Gasteiger partial charge < -0.3 is 25.8 Å². The number of alkyl halides is 4. The molecule has 0 aliphatic rings. The first-order valence-corrected chi connectivity index (χ1v) is 14.6. The first-order chi connectivity index (χ1) is 21.5. The third kappa shape index (κ3) is 8.09. The van der Waals surface area contributed by atoms with E-state index < -0.39 is 17.3 Å². The molecule has 1 atom stereocenters. The number of carbonyl (C=O) groups is 2. The summed E-state index contributed by atoms with van der Waals surface area (Å²) in [6.07, 6.45) is 1.33. The average molecular weight is 651 g/mol. The number of rotatable bonds is 16. The Labute approximate surface area is 262 Å². The summed E-state index contributed by atoms with van der Waals surface area (Å²) in [5, 5.41) is 9.81. The number of aryl methyl sites for hydroxylation is 1. The van der Waals surface area contributed by atoms with Gasteiger partial charge >= 0.3 is 6.18 Å². The molecule has 0 saturated heterocycles. The van der Waals surface area contributed by atoms with Crippen LogP contribution in [-0.4, -0.2) is 75.3 Å². The molecule has 3 heterocycles. The molecule has 0 radical (unpaired) electrons. The summed E-state index contributed by atoms with van der Waals surface area (Å²) >= 11 is 6.06. The Bertz CT molecular complexity index is 1630. The van der Waals surface area contributed by atoms with Crippen LogP contribution in [0.15, 0.2) is 43.0 Å². The van der Waals surface area contributed by atoms with Gasteiger partial charge in [0.05, 0.1) is 43.8 Å². The number of nitrogens with one attached hydrogen (secondary N) is 2. The molecule has 1 unspecified atom stereocenters. The van der Waals surface area contributed by atoms with Crippen molar-refractivity contribution in [1.29, 1.82) is 0 Å². The Morgan fingerprint density at radius 1 is 1.22 bits per heavy atom. The number of anilines is 2. The van der Waals surface area contributed by atoms with Gasteiger partial charge in [0.15, 0.2) is 17.2 Å². The summed E-state index contributed by atoms with van der Waals surface area (Å²) in [6, 6.07) is 5.21. The number of fused-ring (bicyclic) bond motifs is 1. The highest BCUT2D eigenvalue weighted by molar-refractivity contribution is 6.18. The maximum Gasteiger partial charge on any atom is 0.435 e. The molecule has 1 aromatic carbocycles. The number of hydrogen-bond acceptors (Lipinski definition) is 9. The molecule has 1 amide bonds. The van der Waals surface area contributed by atoms with Gasteiger partial charge in [0.2, 0.25) is 0 Å². The standard InChI is InChI=1S/C29H34ClF3N8O4/c1-3-19-12-20(4-5-21(19)27(43)36-8-11-44-10-6-34)38-25-26-37-13-23(41(26)9-7-35-25)22-14-40(39-24(22)29(31,32)33)16-28(2,15-30)17-45-18-42/h4-5,7,9,12-14,18H,3,6,8,10-11,15-17,34H2,1-2H3,(H,35,38)(H,36,43). The van der Waals surface area contributed by atoms with E-state index in [0.717, 1.165) is 10.2 Å². The van der Waals surface area contributed by atoms with Crippen molar-refractivity contribution in [2.75, 3.05) is 44.1 Å². The number of halogens is 4. The Hall–Kier alpha value is -4.21. The number of ether oxygens (including phenoxy) is 2. The normalized spacial score (nSPS) is 13.0. The average Bonchev–Trinajstić information content (AvgIpc) is 3.64. The maximum absolute atomic E-state index is 14.2. The van der Waals surface area contributed by atoms with Gasteiger partial charge in [-0.3, -0.25) is 18.7 Å². The van der Waals surface area contributed by atoms with Crippen molar-refractivity contribution in [3.05, 3.63) is 59.8 Å². The second-order valence-electron chi connectivity index (χ2n) is 10.6. The number of amides is 1. The molecule has 0 aliphatic heterocycles. The van der Waals surface area contributed by atoms with Gasteiger partial charge in [-0.2, -0.15) is 18.3 Å². The fraction of sp³-hybridized carbons (Fsp3) is 0.414. The van der Waals surface area contributed by atoms with E-state index in [9.17, 15) is 22.8 Å². The summed E-state index contributed by atoms with van der Waals surface area (Å²) in [5.74, 6) is 0.0711. The summed E-state index contributed by atoms with van der Waals surface area (Å²) < 4.78 is 55.2. The second kappa shape index (κ2) is 14.7. The lowest BCUT2D eigenvalue weighted by atomic mass is 9.94. The summed E-state index contributed by atoms with van der Waals surface area (Å²) in [7, 11) is 0. The molecule has 4 N–H and O–H groups in total. The molecule has 4 aromatic rings. The van der Waals surface area contributed by atoms with Crippen molar-refractivity contribution >= 4 is 41.1 Å². The molecule has 45 heavy (non-hydrogen) atoms. The number of imidazole rings is 1. The van der Waals surface area contributed by atoms with Crippen LogP contribution in [0.5, 0.6) is 0 Å². The number of hydrogen-bond donors (Lipinski definition) is 3. The zero-order chi connectivity index (χ0) is 32.6. The molecule has 0 fully saturated rings. The fourth-order valence-electron chi connectivity index (χ4n) is 4.70. The molecule has 16 heteroatoms. The van der Waals surface area contributed by atoms with E-state index in [1.807, 2.05) is 13.0 Å². The third-order valence-electron chi connectivity index (χ3n) is 6.89. The van der Waals surface area contributed by atoms with Crippen LogP contribution in [0.4, 0.5) is 24.7 Å². The van der Waals surface area contributed by atoms with Crippen LogP contribution < -0.4 is 16.4 Å². The van der Waals surface area contributed by atoms with E-state index in [1.54, 1.807) is 19.1 Å². The second-order valence-corrected chi connectivity index (χ2v) is 10.8. The molecule has 0 saturated carbocycles. The van der Waals surface area contributed by atoms with Crippen LogP contribution in [0.1, 0.15) is 35.5 Å². The van der Waals surface area contributed by atoms with Gasteiger partial charge in [0.25, 0.3) is 12.4 Å². The van der Waals surface area contributed by atoms with Crippen LogP contribution >= 0.6 is 11.6 Å². The third-order valence-corrected chi connectivity index (χ3v) is 7.53. The minimum absolute atomic E-state index is 0.0172. The van der Waals surface area contributed by atoms with Gasteiger partial charge in [0.1, 0.15) is 0 Å². The van der Waals surface area contributed by atoms with Gasteiger partial charge in [-0.05, 0) is 30.2 Å². The van der Waals surface area contributed by atoms with E-state index in [1.165, 1.54) is 29.2 Å². The lowest BCUT2D eigenvalue weighted by Crippen LogP contribution is -2.31. The Balaban J connectivity index is 1.61. The predicted octanol–water partition coefficient (Wildman–Crippen LogP) is 4.04. The van der Waals surface area contributed by atoms with Crippen molar-refractivity contribution in [1.82, 2.24) is 29.5 Å². The van der Waals surface area contributed by atoms with Crippen molar-refractivity contribution in [2.45, 2.75) is 33.0 Å². The minimum Gasteiger partial charge on any atom is -0.467 e. The van der Waals surface area contributed by atoms with Crippen LogP contribution in [0.25, 0.3) is 16.9 Å². The van der Waals surface area contributed by atoms with Crippen LogP contribution in [-0.2, 0) is 33.4 Å². The van der Waals surface area contributed by atoms with Crippen molar-refractivity contribution < 1.29 is 32.2 Å². The first-order valence-electron chi connectivity index (χ1n) is 14.1. The number of aromatic nitrogens is 5. The summed E-state index contributed by atoms with van der Waals surface area (Å²) in [5.41, 5.74) is 5.56. The van der Waals surface area contributed by atoms with Gasteiger partial charge in [0, 0.05) is 54.2 Å². The predicted molar refractivity (Wildman–Crippen MR) is 161 cm³/mol. The zero-order valence-electron chi connectivity index (χ0n) is 24.7. The van der Waals surface area contributed by atoms with Crippen molar-refractivity contribution in [3.63, 3.8) is 0 Å². The van der Waals surface area contributed by atoms with E-state index in [0.29, 0.717) is 49.8 Å². The highest BCUT2D eigenvalue weighted by Gasteiger charge is 2.39. The Kier molecular flexibility index (Phi) is 11.0. The molecule has 0 bridgehead atoms.